The monoisotopic (exact) mass is 497 g/mol. The summed E-state index contributed by atoms with van der Waals surface area (Å²) >= 11 is 6.46. The van der Waals surface area contributed by atoms with E-state index in [-0.39, 0.29) is 6.61 Å². The zero-order valence-electron chi connectivity index (χ0n) is 20.5. The predicted octanol–water partition coefficient (Wildman–Crippen LogP) is 5.57. The third-order valence-electron chi connectivity index (χ3n) is 6.66. The Labute approximate surface area is 211 Å². The number of halogens is 1. The van der Waals surface area contributed by atoms with E-state index in [2.05, 4.69) is 41.0 Å². The summed E-state index contributed by atoms with van der Waals surface area (Å²) in [6, 6.07) is 13.9. The number of carboxylic acid groups (broad SMARTS) is 1. The number of hydrogen-bond donors (Lipinski definition) is 1. The Morgan fingerprint density at radius 2 is 1.86 bits per heavy atom. The van der Waals surface area contributed by atoms with E-state index in [0.29, 0.717) is 35.5 Å². The van der Waals surface area contributed by atoms with Crippen LogP contribution in [0, 0.1) is 11.3 Å². The highest BCUT2D eigenvalue weighted by molar-refractivity contribution is 6.31. The molecule has 0 amide bonds. The first kappa shape index (κ1) is 25.4. The number of aromatic nitrogens is 2. The van der Waals surface area contributed by atoms with Crippen molar-refractivity contribution < 1.29 is 19.2 Å². The third-order valence-corrected chi connectivity index (χ3v) is 7.01. The lowest BCUT2D eigenvalue weighted by atomic mass is 9.79. The van der Waals surface area contributed by atoms with Crippen LogP contribution in [-0.2, 0) is 22.5 Å². The van der Waals surface area contributed by atoms with Crippen molar-refractivity contribution in [2.45, 2.75) is 39.7 Å². The van der Waals surface area contributed by atoms with Crippen LogP contribution in [0.25, 0.3) is 22.8 Å². The molecular formula is C27H32ClN3O4. The van der Waals surface area contributed by atoms with E-state index in [0.717, 1.165) is 48.3 Å². The smallest absolute Gasteiger partial charge is 0.312 e. The lowest BCUT2D eigenvalue weighted by Crippen LogP contribution is -2.46. The zero-order valence-corrected chi connectivity index (χ0v) is 21.2. The fourth-order valence-electron chi connectivity index (χ4n) is 4.60. The van der Waals surface area contributed by atoms with Crippen molar-refractivity contribution in [1.29, 1.82) is 0 Å². The summed E-state index contributed by atoms with van der Waals surface area (Å²) in [6.45, 7) is 6.81. The van der Waals surface area contributed by atoms with Gasteiger partial charge in [0.05, 0.1) is 12.0 Å². The second kappa shape index (κ2) is 10.9. The average Bonchev–Trinajstić information content (AvgIpc) is 3.32. The van der Waals surface area contributed by atoms with Crippen molar-refractivity contribution in [3.05, 3.63) is 58.6 Å². The molecule has 8 heteroatoms. The number of carbonyl (C=O) groups is 1. The first-order valence-electron chi connectivity index (χ1n) is 12.0. The van der Waals surface area contributed by atoms with E-state index in [1.165, 1.54) is 0 Å². The van der Waals surface area contributed by atoms with Crippen molar-refractivity contribution in [1.82, 2.24) is 15.0 Å². The van der Waals surface area contributed by atoms with E-state index >= 15 is 0 Å². The first-order valence-corrected chi connectivity index (χ1v) is 12.3. The molecule has 2 aromatic carbocycles. The van der Waals surface area contributed by atoms with Crippen molar-refractivity contribution in [2.24, 2.45) is 11.3 Å². The lowest BCUT2D eigenvalue weighted by molar-refractivity contribution is -0.156. The fourth-order valence-corrected chi connectivity index (χ4v) is 4.85. The van der Waals surface area contributed by atoms with Crippen LogP contribution in [0.2, 0.25) is 5.02 Å². The van der Waals surface area contributed by atoms with Gasteiger partial charge in [-0.1, -0.05) is 60.9 Å². The molecule has 1 aliphatic rings. The molecule has 0 atom stereocenters. The van der Waals surface area contributed by atoms with Gasteiger partial charge in [-0.3, -0.25) is 9.69 Å². The Morgan fingerprint density at radius 1 is 1.17 bits per heavy atom. The second-order valence-corrected chi connectivity index (χ2v) is 10.2. The van der Waals surface area contributed by atoms with Crippen molar-refractivity contribution in [2.75, 3.05) is 26.8 Å². The molecule has 35 heavy (non-hydrogen) atoms. The van der Waals surface area contributed by atoms with Gasteiger partial charge in [-0.05, 0) is 61.5 Å². The second-order valence-electron chi connectivity index (χ2n) is 9.82. The Morgan fingerprint density at radius 3 is 2.46 bits per heavy atom. The maximum Gasteiger partial charge on any atom is 0.312 e. The molecule has 1 saturated heterocycles. The highest BCUT2D eigenvalue weighted by Crippen LogP contribution is 2.33. The molecule has 1 N–H and O–H groups in total. The average molecular weight is 498 g/mol. The number of ether oxygens (including phenoxy) is 1. The molecule has 7 nitrogen and oxygen atoms in total. The summed E-state index contributed by atoms with van der Waals surface area (Å²) in [5.41, 5.74) is 3.16. The minimum absolute atomic E-state index is 0.256. The van der Waals surface area contributed by atoms with Crippen LogP contribution in [0.4, 0.5) is 0 Å². The quantitative estimate of drug-likeness (QED) is 0.413. The summed E-state index contributed by atoms with van der Waals surface area (Å²) in [5, 5.41) is 14.5. The van der Waals surface area contributed by atoms with Gasteiger partial charge in [0.15, 0.2) is 0 Å². The number of rotatable bonds is 9. The summed E-state index contributed by atoms with van der Waals surface area (Å²) in [6.07, 6.45) is 2.09. The number of nitrogens with zero attached hydrogens (tertiary/aromatic N) is 3. The topological polar surface area (TPSA) is 88.7 Å². The Bertz CT molecular complexity index is 1150. The molecule has 0 spiro atoms. The van der Waals surface area contributed by atoms with Gasteiger partial charge in [0.2, 0.25) is 5.82 Å². The minimum Gasteiger partial charge on any atom is -0.481 e. The van der Waals surface area contributed by atoms with Crippen LogP contribution in [0.5, 0.6) is 0 Å². The largest absolute Gasteiger partial charge is 0.481 e. The summed E-state index contributed by atoms with van der Waals surface area (Å²) in [4.78, 5) is 18.6. The molecule has 1 aliphatic heterocycles. The van der Waals surface area contributed by atoms with Gasteiger partial charge < -0.3 is 14.4 Å². The van der Waals surface area contributed by atoms with E-state index in [1.54, 1.807) is 7.11 Å². The van der Waals surface area contributed by atoms with Crippen LogP contribution in [0.1, 0.15) is 37.8 Å². The highest BCUT2D eigenvalue weighted by Gasteiger charge is 2.41. The lowest BCUT2D eigenvalue weighted by Gasteiger charge is -2.38. The summed E-state index contributed by atoms with van der Waals surface area (Å²) in [7, 11) is 1.56. The molecule has 2 heterocycles. The normalized spacial score (nSPS) is 16.0. The molecule has 3 aromatic rings. The molecule has 0 unspecified atom stereocenters. The minimum atomic E-state index is -0.773. The number of piperidine rings is 1. The fraction of sp³-hybridized carbons (Fsp3) is 0.444. The number of likely N-dealkylation sites (tertiary alicyclic amines) is 1. The van der Waals surface area contributed by atoms with E-state index < -0.39 is 11.4 Å². The number of benzene rings is 2. The molecule has 0 saturated carbocycles. The van der Waals surface area contributed by atoms with E-state index in [1.807, 2.05) is 30.3 Å². The van der Waals surface area contributed by atoms with E-state index in [9.17, 15) is 9.90 Å². The van der Waals surface area contributed by atoms with Gasteiger partial charge in [0, 0.05) is 29.8 Å². The SMILES string of the molecule is COCC1(C(=O)O)CCN(Cc2ccc(-c3noc(-c4ccc(CC(C)C)c(Cl)c4)n3)cc2)CC1. The van der Waals surface area contributed by atoms with Gasteiger partial charge in [-0.2, -0.15) is 4.98 Å². The summed E-state index contributed by atoms with van der Waals surface area (Å²) in [5.74, 6) is 0.725. The Kier molecular flexibility index (Phi) is 7.89. The highest BCUT2D eigenvalue weighted by atomic mass is 35.5. The molecule has 0 bridgehead atoms. The molecule has 1 aromatic heterocycles. The first-order chi connectivity index (χ1) is 16.8. The van der Waals surface area contributed by atoms with Crippen LogP contribution in [0.3, 0.4) is 0 Å². The summed E-state index contributed by atoms with van der Waals surface area (Å²) < 4.78 is 10.7. The molecule has 1 fully saturated rings. The maximum absolute atomic E-state index is 11.7. The van der Waals surface area contributed by atoms with Crippen molar-refractivity contribution >= 4 is 17.6 Å². The van der Waals surface area contributed by atoms with Gasteiger partial charge in [-0.15, -0.1) is 0 Å². The number of methoxy groups -OCH3 is 1. The van der Waals surface area contributed by atoms with Crippen LogP contribution in [0.15, 0.2) is 47.0 Å². The van der Waals surface area contributed by atoms with Gasteiger partial charge in [0.25, 0.3) is 5.89 Å². The van der Waals surface area contributed by atoms with Crippen molar-refractivity contribution in [3.63, 3.8) is 0 Å². The van der Waals surface area contributed by atoms with Gasteiger partial charge in [-0.25, -0.2) is 0 Å². The van der Waals surface area contributed by atoms with Crippen LogP contribution >= 0.6 is 11.6 Å². The number of hydrogen-bond acceptors (Lipinski definition) is 6. The Balaban J connectivity index is 1.39. The number of carboxylic acids is 1. The number of aliphatic carboxylic acids is 1. The van der Waals surface area contributed by atoms with Crippen LogP contribution < -0.4 is 0 Å². The molecule has 0 radical (unpaired) electrons. The Hall–Kier alpha value is -2.74. The third kappa shape index (κ3) is 5.92. The molecule has 0 aliphatic carbocycles. The zero-order chi connectivity index (χ0) is 25.0. The molecular weight excluding hydrogens is 466 g/mol. The van der Waals surface area contributed by atoms with Crippen LogP contribution in [-0.4, -0.2) is 52.9 Å². The standard InChI is InChI=1S/C27H32ClN3O4/c1-18(2)14-21-8-9-22(15-23(21)28)25-29-24(30-35-25)20-6-4-19(5-7-20)16-31-12-10-27(11-13-31,17-34-3)26(32)33/h4-9,15,18H,10-14,16-17H2,1-3H3,(H,32,33). The van der Waals surface area contributed by atoms with Gasteiger partial charge in [0.1, 0.15) is 0 Å². The van der Waals surface area contributed by atoms with Gasteiger partial charge >= 0.3 is 5.97 Å². The maximum atomic E-state index is 11.7. The van der Waals surface area contributed by atoms with E-state index in [4.69, 9.17) is 20.9 Å². The predicted molar refractivity (Wildman–Crippen MR) is 135 cm³/mol. The molecule has 4 rings (SSSR count). The molecule has 186 valence electrons. The van der Waals surface area contributed by atoms with Crippen molar-refractivity contribution in [3.8, 4) is 22.8 Å².